The van der Waals surface area contributed by atoms with Gasteiger partial charge >= 0.3 is 5.97 Å². The molecule has 0 aliphatic carbocycles. The molecule has 1 rings (SSSR count). The van der Waals surface area contributed by atoms with Gasteiger partial charge in [-0.05, 0) is 20.8 Å². The van der Waals surface area contributed by atoms with Gasteiger partial charge in [0.1, 0.15) is 12.7 Å². The summed E-state index contributed by atoms with van der Waals surface area (Å²) >= 11 is 0. The van der Waals surface area contributed by atoms with Crippen LogP contribution in [0, 0.1) is 0 Å². The second kappa shape index (κ2) is 4.11. The Balaban J connectivity index is 2.27. The van der Waals surface area contributed by atoms with E-state index in [2.05, 4.69) is 6.58 Å². The average molecular weight is 200 g/mol. The third-order valence-electron chi connectivity index (χ3n) is 1.82. The molecule has 80 valence electrons. The van der Waals surface area contributed by atoms with E-state index < -0.39 is 11.8 Å². The number of hydrogen-bond donors (Lipinski definition) is 0. The van der Waals surface area contributed by atoms with E-state index in [0.29, 0.717) is 12.2 Å². The van der Waals surface area contributed by atoms with Crippen LogP contribution in [0.5, 0.6) is 0 Å². The van der Waals surface area contributed by atoms with Crippen LogP contribution in [0.2, 0.25) is 0 Å². The molecular formula is C10H16O4. The fraction of sp³-hybridized carbons (Fsp3) is 0.700. The summed E-state index contributed by atoms with van der Waals surface area (Å²) < 4.78 is 15.7. The Hall–Kier alpha value is -0.870. The van der Waals surface area contributed by atoms with Gasteiger partial charge in [0.15, 0.2) is 5.79 Å². The first-order valence-electron chi connectivity index (χ1n) is 4.55. The highest BCUT2D eigenvalue weighted by molar-refractivity contribution is 5.86. The largest absolute Gasteiger partial charge is 0.459 e. The van der Waals surface area contributed by atoms with Crippen molar-refractivity contribution < 1.29 is 19.0 Å². The molecule has 0 N–H and O–H groups in total. The van der Waals surface area contributed by atoms with E-state index in [1.54, 1.807) is 6.92 Å². The van der Waals surface area contributed by atoms with Crippen LogP contribution >= 0.6 is 0 Å². The Morgan fingerprint density at radius 3 is 2.71 bits per heavy atom. The molecule has 0 amide bonds. The van der Waals surface area contributed by atoms with Crippen molar-refractivity contribution in [2.45, 2.75) is 32.7 Å². The maximum atomic E-state index is 11.0. The SMILES string of the molecule is C=C(C)C(=O)OC[C@@H]1COC(C)(C)O1. The Kier molecular flexibility index (Phi) is 3.29. The molecule has 0 saturated carbocycles. The Morgan fingerprint density at radius 1 is 1.64 bits per heavy atom. The lowest BCUT2D eigenvalue weighted by molar-refractivity contribution is -0.155. The van der Waals surface area contributed by atoms with Crippen molar-refractivity contribution in [1.29, 1.82) is 0 Å². The lowest BCUT2D eigenvalue weighted by Crippen LogP contribution is -2.25. The second-order valence-corrected chi connectivity index (χ2v) is 3.83. The van der Waals surface area contributed by atoms with E-state index in [4.69, 9.17) is 14.2 Å². The number of carbonyl (C=O) groups is 1. The minimum absolute atomic E-state index is 0.173. The van der Waals surface area contributed by atoms with Gasteiger partial charge in [0.2, 0.25) is 0 Å². The number of rotatable bonds is 3. The molecule has 1 fully saturated rings. The predicted molar refractivity (Wildman–Crippen MR) is 50.7 cm³/mol. The molecule has 1 aliphatic rings. The highest BCUT2D eigenvalue weighted by atomic mass is 16.7. The second-order valence-electron chi connectivity index (χ2n) is 3.83. The Bertz CT molecular complexity index is 245. The van der Waals surface area contributed by atoms with E-state index in [0.717, 1.165) is 0 Å². The van der Waals surface area contributed by atoms with E-state index >= 15 is 0 Å². The topological polar surface area (TPSA) is 44.8 Å². The molecule has 1 atom stereocenters. The number of hydrogen-bond acceptors (Lipinski definition) is 4. The summed E-state index contributed by atoms with van der Waals surface area (Å²) in [5.41, 5.74) is 0.392. The monoisotopic (exact) mass is 200 g/mol. The first-order valence-corrected chi connectivity index (χ1v) is 4.55. The van der Waals surface area contributed by atoms with Gasteiger partial charge in [-0.3, -0.25) is 0 Å². The number of ether oxygens (including phenoxy) is 3. The summed E-state index contributed by atoms with van der Waals surface area (Å²) in [6.07, 6.45) is -0.173. The van der Waals surface area contributed by atoms with Crippen LogP contribution in [-0.2, 0) is 19.0 Å². The zero-order valence-corrected chi connectivity index (χ0v) is 8.83. The van der Waals surface area contributed by atoms with Crippen molar-refractivity contribution in [2.75, 3.05) is 13.2 Å². The fourth-order valence-corrected chi connectivity index (χ4v) is 1.14. The summed E-state index contributed by atoms with van der Waals surface area (Å²) in [6.45, 7) is 9.42. The van der Waals surface area contributed by atoms with E-state index in [9.17, 15) is 4.79 Å². The van der Waals surface area contributed by atoms with Crippen molar-refractivity contribution in [2.24, 2.45) is 0 Å². The summed E-state index contributed by atoms with van der Waals surface area (Å²) in [4.78, 5) is 11.0. The van der Waals surface area contributed by atoms with Gasteiger partial charge in [-0.25, -0.2) is 4.79 Å². The van der Waals surface area contributed by atoms with Crippen LogP contribution in [0.15, 0.2) is 12.2 Å². The Morgan fingerprint density at radius 2 is 2.29 bits per heavy atom. The molecule has 0 aromatic carbocycles. The van der Waals surface area contributed by atoms with Crippen LogP contribution < -0.4 is 0 Å². The molecule has 4 nitrogen and oxygen atoms in total. The van der Waals surface area contributed by atoms with Crippen molar-refractivity contribution in [3.63, 3.8) is 0 Å². The van der Waals surface area contributed by atoms with Crippen molar-refractivity contribution in [1.82, 2.24) is 0 Å². The zero-order valence-electron chi connectivity index (χ0n) is 8.83. The molecule has 1 heterocycles. The highest BCUT2D eigenvalue weighted by Gasteiger charge is 2.33. The number of esters is 1. The van der Waals surface area contributed by atoms with E-state index in [1.165, 1.54) is 0 Å². The summed E-state index contributed by atoms with van der Waals surface area (Å²) in [7, 11) is 0. The third kappa shape index (κ3) is 3.12. The third-order valence-corrected chi connectivity index (χ3v) is 1.82. The normalized spacial score (nSPS) is 24.6. The minimum Gasteiger partial charge on any atom is -0.459 e. The van der Waals surface area contributed by atoms with Crippen molar-refractivity contribution in [3.8, 4) is 0 Å². The quantitative estimate of drug-likeness (QED) is 0.508. The van der Waals surface area contributed by atoms with Crippen LogP contribution in [0.25, 0.3) is 0 Å². The summed E-state index contributed by atoms with van der Waals surface area (Å²) in [5, 5.41) is 0. The molecular weight excluding hydrogens is 184 g/mol. The summed E-state index contributed by atoms with van der Waals surface area (Å²) in [5.74, 6) is -0.960. The van der Waals surface area contributed by atoms with Crippen molar-refractivity contribution >= 4 is 5.97 Å². The molecule has 14 heavy (non-hydrogen) atoms. The average Bonchev–Trinajstić information content (AvgIpc) is 2.41. The zero-order chi connectivity index (χ0) is 10.8. The molecule has 0 unspecified atom stereocenters. The lowest BCUT2D eigenvalue weighted by atomic mass is 10.3. The Labute approximate surface area is 83.8 Å². The van der Waals surface area contributed by atoms with Gasteiger partial charge in [-0.15, -0.1) is 0 Å². The lowest BCUT2D eigenvalue weighted by Gasteiger charge is -2.16. The van der Waals surface area contributed by atoms with E-state index in [-0.39, 0.29) is 12.7 Å². The molecule has 0 bridgehead atoms. The van der Waals surface area contributed by atoms with Gasteiger partial charge in [0, 0.05) is 5.57 Å². The molecule has 1 saturated heterocycles. The highest BCUT2D eigenvalue weighted by Crippen LogP contribution is 2.22. The maximum absolute atomic E-state index is 11.0. The van der Waals surface area contributed by atoms with Crippen LogP contribution in [-0.4, -0.2) is 31.1 Å². The van der Waals surface area contributed by atoms with Gasteiger partial charge < -0.3 is 14.2 Å². The van der Waals surface area contributed by atoms with Gasteiger partial charge in [-0.1, -0.05) is 6.58 Å². The standard InChI is InChI=1S/C10H16O4/c1-7(2)9(11)12-5-8-6-13-10(3,4)14-8/h8H,1,5-6H2,2-4H3/t8-/m1/s1. The molecule has 0 radical (unpaired) electrons. The molecule has 0 spiro atoms. The summed E-state index contributed by atoms with van der Waals surface area (Å²) in [6, 6.07) is 0. The molecule has 0 aromatic rings. The van der Waals surface area contributed by atoms with E-state index in [1.807, 2.05) is 13.8 Å². The smallest absolute Gasteiger partial charge is 0.333 e. The molecule has 0 aromatic heterocycles. The van der Waals surface area contributed by atoms with Gasteiger partial charge in [-0.2, -0.15) is 0 Å². The molecule has 1 aliphatic heterocycles. The fourth-order valence-electron chi connectivity index (χ4n) is 1.14. The maximum Gasteiger partial charge on any atom is 0.333 e. The van der Waals surface area contributed by atoms with Crippen LogP contribution in [0.4, 0.5) is 0 Å². The van der Waals surface area contributed by atoms with Gasteiger partial charge in [0.05, 0.1) is 6.61 Å². The van der Waals surface area contributed by atoms with Crippen molar-refractivity contribution in [3.05, 3.63) is 12.2 Å². The predicted octanol–water partition coefficient (Wildman–Crippen LogP) is 1.26. The molecule has 4 heteroatoms. The van der Waals surface area contributed by atoms with Crippen LogP contribution in [0.3, 0.4) is 0 Å². The van der Waals surface area contributed by atoms with Gasteiger partial charge in [0.25, 0.3) is 0 Å². The minimum atomic E-state index is -0.569. The first-order chi connectivity index (χ1) is 6.41. The first kappa shape index (κ1) is 11.2. The van der Waals surface area contributed by atoms with Crippen LogP contribution in [0.1, 0.15) is 20.8 Å². The number of carbonyl (C=O) groups excluding carboxylic acids is 1.